The van der Waals surface area contributed by atoms with Crippen LogP contribution in [-0.2, 0) is 9.47 Å². The third-order valence-corrected chi connectivity index (χ3v) is 3.36. The highest BCUT2D eigenvalue weighted by Gasteiger charge is 2.23. The summed E-state index contributed by atoms with van der Waals surface area (Å²) < 4.78 is 9.88. The van der Waals surface area contributed by atoms with Gasteiger partial charge in [-0.15, -0.1) is 0 Å². The maximum atomic E-state index is 12.1. The predicted octanol–water partition coefficient (Wildman–Crippen LogP) is 2.14. The van der Waals surface area contributed by atoms with Crippen LogP contribution in [0.5, 0.6) is 0 Å². The minimum Gasteiger partial charge on any atom is -0.447 e. The lowest BCUT2D eigenvalue weighted by molar-refractivity contribution is 0.179. The molecular weight excluding hydrogens is 286 g/mol. The molecule has 3 amide bonds. The monoisotopic (exact) mass is 307 g/mol. The third kappa shape index (κ3) is 4.11. The van der Waals surface area contributed by atoms with Crippen molar-refractivity contribution in [3.8, 4) is 0 Å². The second-order valence-electron chi connectivity index (χ2n) is 5.01. The molecule has 1 fully saturated rings. The average Bonchev–Trinajstić information content (AvgIpc) is 2.94. The van der Waals surface area contributed by atoms with Crippen molar-refractivity contribution in [1.82, 2.24) is 4.90 Å². The molecule has 1 heterocycles. The second kappa shape index (κ2) is 7.65. The lowest BCUT2D eigenvalue weighted by Crippen LogP contribution is -2.32. The Hall–Kier alpha value is -2.28. The van der Waals surface area contributed by atoms with E-state index in [4.69, 9.17) is 9.47 Å². The van der Waals surface area contributed by atoms with Crippen LogP contribution in [0.25, 0.3) is 0 Å². The number of methoxy groups -OCH3 is 1. The highest BCUT2D eigenvalue weighted by molar-refractivity contribution is 5.92. The lowest BCUT2D eigenvalue weighted by Gasteiger charge is -2.19. The topological polar surface area (TPSA) is 71.1 Å². The first kappa shape index (κ1) is 16.1. The number of hydrogen-bond donors (Lipinski definition) is 1. The molecule has 0 unspecified atom stereocenters. The number of urea groups is 1. The zero-order valence-electron chi connectivity index (χ0n) is 12.9. The number of hydrogen-bond acceptors (Lipinski definition) is 4. The molecule has 0 radical (unpaired) electrons. The number of carbonyl (C=O) groups is 2. The summed E-state index contributed by atoms with van der Waals surface area (Å²) in [5.74, 6) is 0. The van der Waals surface area contributed by atoms with Crippen LogP contribution in [0.3, 0.4) is 0 Å². The van der Waals surface area contributed by atoms with Gasteiger partial charge in [-0.3, -0.25) is 4.90 Å². The maximum Gasteiger partial charge on any atom is 0.414 e. The second-order valence-corrected chi connectivity index (χ2v) is 5.01. The molecule has 1 aliphatic heterocycles. The molecule has 1 N–H and O–H groups in total. The van der Waals surface area contributed by atoms with Crippen molar-refractivity contribution in [2.24, 2.45) is 0 Å². The Bertz CT molecular complexity index is 535. The summed E-state index contributed by atoms with van der Waals surface area (Å²) in [4.78, 5) is 26.8. The fraction of sp³-hybridized carbons (Fsp3) is 0.467. The van der Waals surface area contributed by atoms with Gasteiger partial charge in [-0.2, -0.15) is 0 Å². The van der Waals surface area contributed by atoms with E-state index in [1.165, 1.54) is 4.90 Å². The van der Waals surface area contributed by atoms with Crippen molar-refractivity contribution < 1.29 is 19.1 Å². The molecule has 7 heteroatoms. The quantitative estimate of drug-likeness (QED) is 0.817. The first-order valence-corrected chi connectivity index (χ1v) is 7.17. The molecule has 0 aromatic heterocycles. The maximum absolute atomic E-state index is 12.1. The van der Waals surface area contributed by atoms with E-state index in [0.717, 1.165) is 6.42 Å². The van der Waals surface area contributed by atoms with Crippen LogP contribution in [0.15, 0.2) is 24.3 Å². The molecule has 1 saturated heterocycles. The van der Waals surface area contributed by atoms with Crippen LogP contribution in [0.2, 0.25) is 0 Å². The molecule has 0 atom stereocenters. The van der Waals surface area contributed by atoms with Gasteiger partial charge in [0.25, 0.3) is 0 Å². The van der Waals surface area contributed by atoms with Gasteiger partial charge in [-0.05, 0) is 24.6 Å². The Balaban J connectivity index is 1.95. The summed E-state index contributed by atoms with van der Waals surface area (Å²) in [6.07, 6.45) is 0.417. The highest BCUT2D eigenvalue weighted by atomic mass is 16.6. The lowest BCUT2D eigenvalue weighted by atomic mass is 10.2. The van der Waals surface area contributed by atoms with Gasteiger partial charge in [0.15, 0.2) is 0 Å². The molecule has 1 aromatic rings. The number of ether oxygens (including phenoxy) is 2. The Morgan fingerprint density at radius 1 is 1.50 bits per heavy atom. The van der Waals surface area contributed by atoms with Gasteiger partial charge in [0.2, 0.25) is 0 Å². The number of carbonyl (C=O) groups excluding carboxylic acids is 2. The average molecular weight is 307 g/mol. The number of benzene rings is 1. The molecule has 22 heavy (non-hydrogen) atoms. The van der Waals surface area contributed by atoms with Crippen LogP contribution >= 0.6 is 0 Å². The molecule has 0 aliphatic carbocycles. The van der Waals surface area contributed by atoms with Crippen molar-refractivity contribution in [2.75, 3.05) is 50.7 Å². The van der Waals surface area contributed by atoms with E-state index in [-0.39, 0.29) is 12.1 Å². The van der Waals surface area contributed by atoms with Gasteiger partial charge in [0.05, 0.1) is 6.54 Å². The zero-order chi connectivity index (χ0) is 15.9. The third-order valence-electron chi connectivity index (χ3n) is 3.36. The van der Waals surface area contributed by atoms with E-state index in [2.05, 4.69) is 5.32 Å². The highest BCUT2D eigenvalue weighted by Crippen LogP contribution is 2.22. The molecule has 1 aliphatic rings. The minimum absolute atomic E-state index is 0.197. The summed E-state index contributed by atoms with van der Waals surface area (Å²) in [7, 11) is 3.36. The van der Waals surface area contributed by atoms with E-state index < -0.39 is 0 Å². The SMILES string of the molecule is COCCCN(C)C(=O)Nc1cccc(N2CCOC2=O)c1. The fourth-order valence-electron chi connectivity index (χ4n) is 2.15. The summed E-state index contributed by atoms with van der Waals surface area (Å²) in [6.45, 7) is 2.13. The van der Waals surface area contributed by atoms with Gasteiger partial charge in [-0.1, -0.05) is 6.07 Å². The molecule has 7 nitrogen and oxygen atoms in total. The molecule has 120 valence electrons. The standard InChI is InChI=1S/C15H21N3O4/c1-17(7-4-9-21-2)14(19)16-12-5-3-6-13(11-12)18-8-10-22-15(18)20/h3,5-6,11H,4,7-10H2,1-2H3,(H,16,19). The Kier molecular flexibility index (Phi) is 5.60. The number of anilines is 2. The van der Waals surface area contributed by atoms with Crippen LogP contribution in [-0.4, -0.2) is 57.5 Å². The van der Waals surface area contributed by atoms with Crippen molar-refractivity contribution in [2.45, 2.75) is 6.42 Å². The first-order valence-electron chi connectivity index (χ1n) is 7.17. The van der Waals surface area contributed by atoms with E-state index in [1.54, 1.807) is 37.3 Å². The molecule has 0 spiro atoms. The van der Waals surface area contributed by atoms with E-state index in [0.29, 0.717) is 37.7 Å². The number of cyclic esters (lactones) is 1. The van der Waals surface area contributed by atoms with Gasteiger partial charge in [0.1, 0.15) is 6.61 Å². The number of amides is 3. The van der Waals surface area contributed by atoms with Crippen LogP contribution in [0.1, 0.15) is 6.42 Å². The van der Waals surface area contributed by atoms with Gasteiger partial charge in [-0.25, -0.2) is 9.59 Å². The molecule has 0 bridgehead atoms. The van der Waals surface area contributed by atoms with Gasteiger partial charge in [0, 0.05) is 38.7 Å². The molecular formula is C15H21N3O4. The van der Waals surface area contributed by atoms with E-state index >= 15 is 0 Å². The van der Waals surface area contributed by atoms with Gasteiger partial charge < -0.3 is 19.7 Å². The van der Waals surface area contributed by atoms with Crippen molar-refractivity contribution >= 4 is 23.5 Å². The van der Waals surface area contributed by atoms with Crippen molar-refractivity contribution in [3.63, 3.8) is 0 Å². The summed E-state index contributed by atoms with van der Waals surface area (Å²) in [5, 5.41) is 2.81. The van der Waals surface area contributed by atoms with Crippen LogP contribution < -0.4 is 10.2 Å². The molecule has 2 rings (SSSR count). The number of rotatable bonds is 6. The number of nitrogens with zero attached hydrogens (tertiary/aromatic N) is 2. The Morgan fingerprint density at radius 3 is 3.00 bits per heavy atom. The van der Waals surface area contributed by atoms with Crippen LogP contribution in [0, 0.1) is 0 Å². The predicted molar refractivity (Wildman–Crippen MR) is 83.3 cm³/mol. The largest absolute Gasteiger partial charge is 0.447 e. The first-order chi connectivity index (χ1) is 10.6. The normalized spacial score (nSPS) is 13.9. The fourth-order valence-corrected chi connectivity index (χ4v) is 2.15. The van der Waals surface area contributed by atoms with E-state index in [9.17, 15) is 9.59 Å². The van der Waals surface area contributed by atoms with Crippen molar-refractivity contribution in [3.05, 3.63) is 24.3 Å². The van der Waals surface area contributed by atoms with E-state index in [1.807, 2.05) is 6.07 Å². The van der Waals surface area contributed by atoms with Crippen LogP contribution in [0.4, 0.5) is 21.0 Å². The molecule has 1 aromatic carbocycles. The molecule has 0 saturated carbocycles. The van der Waals surface area contributed by atoms with Gasteiger partial charge >= 0.3 is 12.1 Å². The summed E-state index contributed by atoms with van der Waals surface area (Å²) >= 11 is 0. The summed E-state index contributed by atoms with van der Waals surface area (Å²) in [5.41, 5.74) is 1.35. The minimum atomic E-state index is -0.361. The number of nitrogens with one attached hydrogen (secondary N) is 1. The Labute approximate surface area is 129 Å². The smallest absolute Gasteiger partial charge is 0.414 e. The summed E-state index contributed by atoms with van der Waals surface area (Å²) in [6, 6.07) is 6.95. The Morgan fingerprint density at radius 2 is 2.32 bits per heavy atom. The van der Waals surface area contributed by atoms with Crippen molar-refractivity contribution in [1.29, 1.82) is 0 Å². The zero-order valence-corrected chi connectivity index (χ0v) is 12.9.